The number of fused-ring (bicyclic) bond motifs is 1. The Balaban J connectivity index is 1.89. The Morgan fingerprint density at radius 3 is 2.52 bits per heavy atom. The Kier molecular flexibility index (Phi) is 3.90. The molecule has 2 heteroatoms. The van der Waals surface area contributed by atoms with Crippen molar-refractivity contribution in [1.29, 1.82) is 0 Å². The van der Waals surface area contributed by atoms with Gasteiger partial charge in [-0.2, -0.15) is 0 Å². The van der Waals surface area contributed by atoms with E-state index in [1.165, 1.54) is 10.8 Å². The van der Waals surface area contributed by atoms with E-state index in [0.29, 0.717) is 12.1 Å². The van der Waals surface area contributed by atoms with Crippen LogP contribution in [-0.2, 0) is 0 Å². The standard InChI is InChI=1S/C19H25NO/c1-4-19(5-2)17(20-3)13-18(19)21-16-12-8-10-14-9-6-7-11-15(14)16/h6-12,17-18,20H,4-5,13H2,1-3H3. The van der Waals surface area contributed by atoms with Crippen LogP contribution in [0.3, 0.4) is 0 Å². The first kappa shape index (κ1) is 14.4. The molecule has 1 saturated carbocycles. The molecule has 2 aromatic rings. The van der Waals surface area contributed by atoms with Crippen molar-refractivity contribution < 1.29 is 4.74 Å². The normalized spacial score (nSPS) is 23.8. The van der Waals surface area contributed by atoms with Crippen LogP contribution in [0.1, 0.15) is 33.1 Å². The lowest BCUT2D eigenvalue weighted by Crippen LogP contribution is -2.63. The molecule has 2 aromatic carbocycles. The predicted octanol–water partition coefficient (Wildman–Crippen LogP) is 4.39. The molecule has 2 nitrogen and oxygen atoms in total. The van der Waals surface area contributed by atoms with Gasteiger partial charge in [-0.25, -0.2) is 0 Å². The first-order valence-electron chi connectivity index (χ1n) is 8.07. The van der Waals surface area contributed by atoms with Gasteiger partial charge in [0.1, 0.15) is 11.9 Å². The van der Waals surface area contributed by atoms with Crippen molar-refractivity contribution in [3.8, 4) is 5.75 Å². The molecule has 112 valence electrons. The zero-order valence-corrected chi connectivity index (χ0v) is 13.2. The Labute approximate surface area is 127 Å². The molecule has 0 bridgehead atoms. The second kappa shape index (κ2) is 5.69. The van der Waals surface area contributed by atoms with Gasteiger partial charge in [0, 0.05) is 23.3 Å². The van der Waals surface area contributed by atoms with E-state index in [1.54, 1.807) is 0 Å². The van der Waals surface area contributed by atoms with Gasteiger partial charge in [-0.3, -0.25) is 0 Å². The molecule has 0 radical (unpaired) electrons. The zero-order valence-electron chi connectivity index (χ0n) is 13.2. The highest BCUT2D eigenvalue weighted by atomic mass is 16.5. The fourth-order valence-electron chi connectivity index (χ4n) is 3.97. The number of hydrogen-bond acceptors (Lipinski definition) is 2. The van der Waals surface area contributed by atoms with Crippen LogP contribution in [0.25, 0.3) is 10.8 Å². The minimum Gasteiger partial charge on any atom is -0.489 e. The summed E-state index contributed by atoms with van der Waals surface area (Å²) >= 11 is 0. The zero-order chi connectivity index (χ0) is 14.9. The van der Waals surface area contributed by atoms with E-state index < -0.39 is 0 Å². The summed E-state index contributed by atoms with van der Waals surface area (Å²) in [6.45, 7) is 4.57. The Morgan fingerprint density at radius 1 is 1.10 bits per heavy atom. The summed E-state index contributed by atoms with van der Waals surface area (Å²) in [4.78, 5) is 0. The van der Waals surface area contributed by atoms with Crippen LogP contribution in [0.4, 0.5) is 0 Å². The van der Waals surface area contributed by atoms with Gasteiger partial charge in [0.05, 0.1) is 0 Å². The summed E-state index contributed by atoms with van der Waals surface area (Å²) in [5, 5.41) is 5.93. The molecule has 2 unspecified atom stereocenters. The second-order valence-electron chi connectivity index (χ2n) is 6.10. The lowest BCUT2D eigenvalue weighted by atomic mass is 9.58. The summed E-state index contributed by atoms with van der Waals surface area (Å²) in [6.07, 6.45) is 3.73. The summed E-state index contributed by atoms with van der Waals surface area (Å²) in [7, 11) is 2.07. The smallest absolute Gasteiger partial charge is 0.127 e. The molecule has 21 heavy (non-hydrogen) atoms. The molecule has 3 rings (SSSR count). The summed E-state index contributed by atoms with van der Waals surface area (Å²) in [5.41, 5.74) is 0.270. The SMILES string of the molecule is CCC1(CC)C(NC)CC1Oc1cccc2ccccc12. The molecule has 1 N–H and O–H groups in total. The maximum Gasteiger partial charge on any atom is 0.127 e. The van der Waals surface area contributed by atoms with E-state index in [2.05, 4.69) is 68.7 Å². The van der Waals surface area contributed by atoms with Crippen LogP contribution in [-0.4, -0.2) is 19.2 Å². The number of benzene rings is 2. The van der Waals surface area contributed by atoms with Gasteiger partial charge in [0.25, 0.3) is 0 Å². The third kappa shape index (κ3) is 2.22. The van der Waals surface area contributed by atoms with Crippen molar-refractivity contribution in [3.05, 3.63) is 42.5 Å². The van der Waals surface area contributed by atoms with Crippen LogP contribution in [0, 0.1) is 5.41 Å². The van der Waals surface area contributed by atoms with Gasteiger partial charge >= 0.3 is 0 Å². The van der Waals surface area contributed by atoms with Gasteiger partial charge in [-0.1, -0.05) is 50.2 Å². The van der Waals surface area contributed by atoms with E-state index in [1.807, 2.05) is 0 Å². The molecule has 1 aliphatic carbocycles. The third-order valence-electron chi connectivity index (χ3n) is 5.47. The van der Waals surface area contributed by atoms with Crippen molar-refractivity contribution in [2.75, 3.05) is 7.05 Å². The largest absolute Gasteiger partial charge is 0.489 e. The number of ether oxygens (including phenoxy) is 1. The third-order valence-corrected chi connectivity index (χ3v) is 5.47. The monoisotopic (exact) mass is 283 g/mol. The van der Waals surface area contributed by atoms with E-state index in [9.17, 15) is 0 Å². The average Bonchev–Trinajstić information content (AvgIpc) is 2.52. The first-order chi connectivity index (χ1) is 10.2. The quantitative estimate of drug-likeness (QED) is 0.879. The molecule has 0 saturated heterocycles. The van der Waals surface area contributed by atoms with Crippen LogP contribution in [0.15, 0.2) is 42.5 Å². The fraction of sp³-hybridized carbons (Fsp3) is 0.474. The highest BCUT2D eigenvalue weighted by molar-refractivity contribution is 5.88. The molecule has 1 fully saturated rings. The van der Waals surface area contributed by atoms with E-state index in [4.69, 9.17) is 4.74 Å². The highest BCUT2D eigenvalue weighted by Gasteiger charge is 2.53. The van der Waals surface area contributed by atoms with Crippen molar-refractivity contribution >= 4 is 10.8 Å². The maximum atomic E-state index is 6.45. The maximum absolute atomic E-state index is 6.45. The second-order valence-corrected chi connectivity index (χ2v) is 6.10. The Hall–Kier alpha value is -1.54. The number of rotatable bonds is 5. The Bertz CT molecular complexity index is 612. The number of nitrogens with one attached hydrogen (secondary N) is 1. The van der Waals surface area contributed by atoms with Gasteiger partial charge in [-0.15, -0.1) is 0 Å². The van der Waals surface area contributed by atoms with Crippen LogP contribution in [0.2, 0.25) is 0 Å². The van der Waals surface area contributed by atoms with Crippen molar-refractivity contribution in [2.45, 2.75) is 45.3 Å². The van der Waals surface area contributed by atoms with Gasteiger partial charge in [0.2, 0.25) is 0 Å². The molecule has 0 aromatic heterocycles. The molecule has 0 spiro atoms. The molecule has 0 aliphatic heterocycles. The predicted molar refractivity (Wildman–Crippen MR) is 88.8 cm³/mol. The van der Waals surface area contributed by atoms with E-state index in [-0.39, 0.29) is 5.41 Å². The van der Waals surface area contributed by atoms with E-state index >= 15 is 0 Å². The summed E-state index contributed by atoms with van der Waals surface area (Å²) < 4.78 is 6.45. The van der Waals surface area contributed by atoms with Gasteiger partial charge in [0.15, 0.2) is 0 Å². The van der Waals surface area contributed by atoms with E-state index in [0.717, 1.165) is 25.0 Å². The van der Waals surface area contributed by atoms with Crippen LogP contribution < -0.4 is 10.1 Å². The molecule has 0 heterocycles. The Morgan fingerprint density at radius 2 is 1.81 bits per heavy atom. The lowest BCUT2D eigenvalue weighted by Gasteiger charge is -2.55. The van der Waals surface area contributed by atoms with Gasteiger partial charge < -0.3 is 10.1 Å². The first-order valence-corrected chi connectivity index (χ1v) is 8.07. The van der Waals surface area contributed by atoms with Crippen molar-refractivity contribution in [2.24, 2.45) is 5.41 Å². The minimum absolute atomic E-state index is 0.270. The summed E-state index contributed by atoms with van der Waals surface area (Å²) in [5.74, 6) is 1.03. The molecular weight excluding hydrogens is 258 g/mol. The lowest BCUT2D eigenvalue weighted by molar-refractivity contribution is -0.0829. The molecule has 1 aliphatic rings. The average molecular weight is 283 g/mol. The number of hydrogen-bond donors (Lipinski definition) is 1. The summed E-state index contributed by atoms with van der Waals surface area (Å²) in [6, 6.07) is 15.4. The fourth-order valence-corrected chi connectivity index (χ4v) is 3.97. The molecule has 2 atom stereocenters. The van der Waals surface area contributed by atoms with Crippen LogP contribution >= 0.6 is 0 Å². The molecular formula is C19H25NO. The molecule has 0 amide bonds. The van der Waals surface area contributed by atoms with Gasteiger partial charge in [-0.05, 0) is 31.3 Å². The topological polar surface area (TPSA) is 21.3 Å². The van der Waals surface area contributed by atoms with Crippen LogP contribution in [0.5, 0.6) is 5.75 Å². The van der Waals surface area contributed by atoms with Crippen molar-refractivity contribution in [1.82, 2.24) is 5.32 Å². The highest BCUT2D eigenvalue weighted by Crippen LogP contribution is 2.49. The van der Waals surface area contributed by atoms with Crippen molar-refractivity contribution in [3.63, 3.8) is 0 Å². The minimum atomic E-state index is 0.270.